The molecule has 0 unspecified atom stereocenters. The Labute approximate surface area is 167 Å². The number of hydrogen-bond acceptors (Lipinski definition) is 5. The number of nitrogen functional groups attached to an aromatic ring is 1. The van der Waals surface area contributed by atoms with Crippen molar-refractivity contribution < 1.29 is 4.79 Å². The molecule has 29 heavy (non-hydrogen) atoms. The average Bonchev–Trinajstić information content (AvgIpc) is 3.17. The first-order valence-corrected chi connectivity index (χ1v) is 9.45. The molecule has 1 aromatic carbocycles. The number of anilines is 2. The molecule has 7 nitrogen and oxygen atoms in total. The van der Waals surface area contributed by atoms with Crippen LogP contribution in [0, 0.1) is 0 Å². The zero-order valence-electron chi connectivity index (χ0n) is 16.2. The molecule has 4 heterocycles. The maximum atomic E-state index is 12.3. The molecule has 144 valence electrons. The normalized spacial score (nSPS) is 14.8. The van der Waals surface area contributed by atoms with Crippen molar-refractivity contribution in [2.24, 2.45) is 0 Å². The molecule has 1 amide bonds. The molecule has 1 aliphatic rings. The standard InChI is InChI=1S/C22H20N6O/c1-22(2)16-18(23)25-20(26-19(16)27-21(22)29)17-14-10-6-7-11-28(14)15(24-17)12-13-8-4-3-5-9-13/h3-11H,12H2,1-2H3,(H3,23,25,26,27,29). The van der Waals surface area contributed by atoms with Gasteiger partial charge >= 0.3 is 0 Å². The van der Waals surface area contributed by atoms with Crippen LogP contribution in [0.4, 0.5) is 11.6 Å². The third-order valence-corrected chi connectivity index (χ3v) is 5.40. The molecule has 4 aromatic rings. The highest BCUT2D eigenvalue weighted by Crippen LogP contribution is 2.40. The van der Waals surface area contributed by atoms with Gasteiger partial charge in [0, 0.05) is 12.6 Å². The van der Waals surface area contributed by atoms with Crippen molar-refractivity contribution in [2.45, 2.75) is 25.7 Å². The molecule has 0 saturated heterocycles. The number of benzene rings is 1. The van der Waals surface area contributed by atoms with E-state index >= 15 is 0 Å². The van der Waals surface area contributed by atoms with E-state index < -0.39 is 5.41 Å². The minimum absolute atomic E-state index is 0.134. The summed E-state index contributed by atoms with van der Waals surface area (Å²) in [5, 5.41) is 2.83. The van der Waals surface area contributed by atoms with Crippen LogP contribution in [-0.2, 0) is 16.6 Å². The molecule has 3 aromatic heterocycles. The van der Waals surface area contributed by atoms with Crippen LogP contribution < -0.4 is 11.1 Å². The van der Waals surface area contributed by atoms with Crippen LogP contribution in [0.2, 0.25) is 0 Å². The molecule has 0 aliphatic carbocycles. The minimum atomic E-state index is -0.757. The number of hydrogen-bond donors (Lipinski definition) is 2. The first-order valence-electron chi connectivity index (χ1n) is 9.45. The molecule has 0 atom stereocenters. The first-order chi connectivity index (χ1) is 13.9. The number of carbonyl (C=O) groups excluding carboxylic acids is 1. The molecular formula is C22H20N6O. The highest BCUT2D eigenvalue weighted by Gasteiger charge is 2.42. The van der Waals surface area contributed by atoms with E-state index in [2.05, 4.69) is 27.4 Å². The fourth-order valence-electron chi connectivity index (χ4n) is 3.84. The maximum absolute atomic E-state index is 12.3. The van der Waals surface area contributed by atoms with E-state index in [1.807, 2.05) is 60.8 Å². The van der Waals surface area contributed by atoms with Gasteiger partial charge in [0.1, 0.15) is 23.2 Å². The van der Waals surface area contributed by atoms with Crippen LogP contribution in [0.1, 0.15) is 30.8 Å². The van der Waals surface area contributed by atoms with Crippen molar-refractivity contribution in [1.82, 2.24) is 19.4 Å². The molecule has 0 radical (unpaired) electrons. The van der Waals surface area contributed by atoms with E-state index in [4.69, 9.17) is 10.7 Å². The summed E-state index contributed by atoms with van der Waals surface area (Å²) in [6.45, 7) is 3.63. The van der Waals surface area contributed by atoms with Crippen molar-refractivity contribution in [3.05, 3.63) is 71.7 Å². The van der Waals surface area contributed by atoms with Gasteiger partial charge in [0.2, 0.25) is 5.91 Å². The van der Waals surface area contributed by atoms with Crippen LogP contribution >= 0.6 is 0 Å². The Kier molecular flexibility index (Phi) is 3.67. The molecule has 0 spiro atoms. The van der Waals surface area contributed by atoms with Gasteiger partial charge in [0.05, 0.1) is 16.5 Å². The number of rotatable bonds is 3. The predicted octanol–water partition coefficient (Wildman–Crippen LogP) is 3.19. The summed E-state index contributed by atoms with van der Waals surface area (Å²) in [6, 6.07) is 16.1. The van der Waals surface area contributed by atoms with Crippen LogP contribution in [-0.4, -0.2) is 25.3 Å². The van der Waals surface area contributed by atoms with Crippen LogP contribution in [0.25, 0.3) is 17.0 Å². The van der Waals surface area contributed by atoms with E-state index in [0.717, 1.165) is 11.3 Å². The van der Waals surface area contributed by atoms with E-state index in [1.54, 1.807) is 0 Å². The second-order valence-electron chi connectivity index (χ2n) is 7.73. The van der Waals surface area contributed by atoms with Crippen molar-refractivity contribution in [2.75, 3.05) is 11.1 Å². The number of nitrogens with two attached hydrogens (primary N) is 1. The lowest BCUT2D eigenvalue weighted by Gasteiger charge is -2.15. The van der Waals surface area contributed by atoms with Gasteiger partial charge in [-0.2, -0.15) is 0 Å². The number of amides is 1. The SMILES string of the molecule is CC1(C)C(=O)Nc2nc(-c3nc(Cc4ccccc4)n4ccccc34)nc(N)c21. The Morgan fingerprint density at radius 1 is 1.03 bits per heavy atom. The van der Waals surface area contributed by atoms with E-state index in [-0.39, 0.29) is 5.91 Å². The Morgan fingerprint density at radius 2 is 1.79 bits per heavy atom. The Bertz CT molecular complexity index is 1260. The maximum Gasteiger partial charge on any atom is 0.235 e. The minimum Gasteiger partial charge on any atom is -0.383 e. The number of imidazole rings is 1. The Hall–Kier alpha value is -3.74. The van der Waals surface area contributed by atoms with Crippen LogP contribution in [0.5, 0.6) is 0 Å². The first kappa shape index (κ1) is 17.4. The molecule has 1 aliphatic heterocycles. The third kappa shape index (κ3) is 2.66. The number of pyridine rings is 1. The summed E-state index contributed by atoms with van der Waals surface area (Å²) < 4.78 is 2.04. The summed E-state index contributed by atoms with van der Waals surface area (Å²) in [5.74, 6) is 1.92. The highest BCUT2D eigenvalue weighted by atomic mass is 16.2. The summed E-state index contributed by atoms with van der Waals surface area (Å²) in [5.41, 5.74) is 8.82. The lowest BCUT2D eigenvalue weighted by Crippen LogP contribution is -2.27. The largest absolute Gasteiger partial charge is 0.383 e. The summed E-state index contributed by atoms with van der Waals surface area (Å²) in [6.07, 6.45) is 2.65. The Balaban J connectivity index is 1.66. The highest BCUT2D eigenvalue weighted by molar-refractivity contribution is 6.06. The van der Waals surface area contributed by atoms with Crippen molar-refractivity contribution >= 4 is 23.1 Å². The van der Waals surface area contributed by atoms with Gasteiger partial charge < -0.3 is 15.5 Å². The van der Waals surface area contributed by atoms with Gasteiger partial charge in [-0.3, -0.25) is 4.79 Å². The second-order valence-corrected chi connectivity index (χ2v) is 7.73. The van der Waals surface area contributed by atoms with Crippen LogP contribution in [0.3, 0.4) is 0 Å². The molecule has 3 N–H and O–H groups in total. The zero-order valence-corrected chi connectivity index (χ0v) is 16.2. The van der Waals surface area contributed by atoms with Gasteiger partial charge in [-0.1, -0.05) is 36.4 Å². The van der Waals surface area contributed by atoms with Gasteiger partial charge in [-0.25, -0.2) is 15.0 Å². The summed E-state index contributed by atoms with van der Waals surface area (Å²) in [4.78, 5) is 26.3. The monoisotopic (exact) mass is 384 g/mol. The molecule has 0 fully saturated rings. The molecule has 0 bridgehead atoms. The lowest BCUT2D eigenvalue weighted by atomic mass is 9.87. The van der Waals surface area contributed by atoms with Crippen molar-refractivity contribution in [3.63, 3.8) is 0 Å². The van der Waals surface area contributed by atoms with Gasteiger partial charge in [-0.15, -0.1) is 0 Å². The summed E-state index contributed by atoms with van der Waals surface area (Å²) >= 11 is 0. The fraction of sp³-hybridized carbons (Fsp3) is 0.182. The van der Waals surface area contributed by atoms with Crippen molar-refractivity contribution in [1.29, 1.82) is 0 Å². The van der Waals surface area contributed by atoms with E-state index in [1.165, 1.54) is 5.56 Å². The Morgan fingerprint density at radius 3 is 2.59 bits per heavy atom. The second kappa shape index (κ2) is 6.13. The third-order valence-electron chi connectivity index (χ3n) is 5.40. The number of fused-ring (bicyclic) bond motifs is 2. The predicted molar refractivity (Wildman–Crippen MR) is 112 cm³/mol. The average molecular weight is 384 g/mol. The molecule has 5 rings (SSSR count). The number of nitrogens with zero attached hydrogens (tertiary/aromatic N) is 4. The van der Waals surface area contributed by atoms with Crippen LogP contribution in [0.15, 0.2) is 54.7 Å². The smallest absolute Gasteiger partial charge is 0.235 e. The van der Waals surface area contributed by atoms with Gasteiger partial charge in [0.25, 0.3) is 0 Å². The zero-order chi connectivity index (χ0) is 20.2. The molecule has 0 saturated carbocycles. The van der Waals surface area contributed by atoms with Gasteiger partial charge in [-0.05, 0) is 31.5 Å². The quantitative estimate of drug-likeness (QED) is 0.565. The fourth-order valence-corrected chi connectivity index (χ4v) is 3.84. The van der Waals surface area contributed by atoms with Crippen molar-refractivity contribution in [3.8, 4) is 11.5 Å². The lowest BCUT2D eigenvalue weighted by molar-refractivity contribution is -0.119. The molecule has 7 heteroatoms. The van der Waals surface area contributed by atoms with E-state index in [0.29, 0.717) is 35.1 Å². The van der Waals surface area contributed by atoms with E-state index in [9.17, 15) is 4.79 Å². The topological polar surface area (TPSA) is 98.2 Å². The van der Waals surface area contributed by atoms with Gasteiger partial charge in [0.15, 0.2) is 5.82 Å². The molecular weight excluding hydrogens is 364 g/mol. The summed E-state index contributed by atoms with van der Waals surface area (Å²) in [7, 11) is 0. The number of carbonyl (C=O) groups is 1. The number of aromatic nitrogens is 4. The number of nitrogens with one attached hydrogen (secondary N) is 1.